The van der Waals surface area contributed by atoms with E-state index in [0.717, 1.165) is 16.7 Å². The van der Waals surface area contributed by atoms with Crippen molar-refractivity contribution in [1.82, 2.24) is 15.3 Å². The molecular formula is C26H31N3O6. The van der Waals surface area contributed by atoms with Gasteiger partial charge in [-0.15, -0.1) is 0 Å². The molecule has 2 aliphatic heterocycles. The average molecular weight is 482 g/mol. The zero-order chi connectivity index (χ0) is 24.8. The maximum atomic E-state index is 13.0. The standard InChI is InChI=1S/C26H31N3O6/c1-3-34-14-13-28(33-2)15-18-7-9-19(10-8-18)17-35-23-6-4-5-20-21(23)16-29(26(20)32)22-11-12-24(30)27-25(22)31/h4-10,22H,3,11-17H2,1-2H3,(H,27,30,31). The molecule has 9 nitrogen and oxygen atoms in total. The van der Waals surface area contributed by atoms with Gasteiger partial charge in [0.15, 0.2) is 0 Å². The minimum absolute atomic E-state index is 0.212. The van der Waals surface area contributed by atoms with Gasteiger partial charge in [-0.25, -0.2) is 0 Å². The summed E-state index contributed by atoms with van der Waals surface area (Å²) in [6.45, 7) is 5.22. The van der Waals surface area contributed by atoms with Crippen LogP contribution in [0, 0.1) is 0 Å². The normalized spacial score (nSPS) is 17.6. The first-order valence-corrected chi connectivity index (χ1v) is 11.8. The molecule has 2 aromatic carbocycles. The van der Waals surface area contributed by atoms with E-state index in [1.165, 1.54) is 4.90 Å². The number of carbonyl (C=O) groups excluding carboxylic acids is 3. The summed E-state index contributed by atoms with van der Waals surface area (Å²) in [5.74, 6) is -0.312. The number of hydroxylamine groups is 2. The lowest BCUT2D eigenvalue weighted by Gasteiger charge is -2.29. The van der Waals surface area contributed by atoms with Crippen molar-refractivity contribution in [3.63, 3.8) is 0 Å². The van der Waals surface area contributed by atoms with Crippen molar-refractivity contribution in [2.75, 3.05) is 26.9 Å². The zero-order valence-electron chi connectivity index (χ0n) is 20.1. The Balaban J connectivity index is 1.37. The molecule has 2 aliphatic rings. The van der Waals surface area contributed by atoms with E-state index >= 15 is 0 Å². The van der Waals surface area contributed by atoms with E-state index in [0.29, 0.717) is 50.6 Å². The number of fused-ring (bicyclic) bond motifs is 1. The molecule has 2 aromatic rings. The van der Waals surface area contributed by atoms with E-state index in [1.54, 1.807) is 19.2 Å². The molecule has 1 N–H and O–H groups in total. The number of hydrogen-bond donors (Lipinski definition) is 1. The topological polar surface area (TPSA) is 97.4 Å². The molecule has 0 aliphatic carbocycles. The number of nitrogens with zero attached hydrogens (tertiary/aromatic N) is 2. The van der Waals surface area contributed by atoms with Gasteiger partial charge in [0.2, 0.25) is 11.8 Å². The fraction of sp³-hybridized carbons (Fsp3) is 0.423. The van der Waals surface area contributed by atoms with Crippen molar-refractivity contribution in [3.8, 4) is 5.75 Å². The third-order valence-electron chi connectivity index (χ3n) is 6.26. The van der Waals surface area contributed by atoms with Crippen LogP contribution in [0.25, 0.3) is 0 Å². The van der Waals surface area contributed by atoms with Crippen molar-refractivity contribution in [2.45, 2.75) is 45.5 Å². The van der Waals surface area contributed by atoms with Crippen molar-refractivity contribution in [3.05, 3.63) is 64.7 Å². The highest BCUT2D eigenvalue weighted by atomic mass is 16.7. The molecule has 1 saturated heterocycles. The van der Waals surface area contributed by atoms with Crippen molar-refractivity contribution >= 4 is 17.7 Å². The Hall–Kier alpha value is -3.27. The smallest absolute Gasteiger partial charge is 0.255 e. The van der Waals surface area contributed by atoms with E-state index in [4.69, 9.17) is 14.3 Å². The quantitative estimate of drug-likeness (QED) is 0.299. The predicted octanol–water partition coefficient (Wildman–Crippen LogP) is 2.43. The summed E-state index contributed by atoms with van der Waals surface area (Å²) in [6.07, 6.45) is 0.559. The minimum atomic E-state index is -0.645. The van der Waals surface area contributed by atoms with Crippen LogP contribution in [0.15, 0.2) is 42.5 Å². The summed E-state index contributed by atoms with van der Waals surface area (Å²) in [4.78, 5) is 43.7. The summed E-state index contributed by atoms with van der Waals surface area (Å²) in [6, 6.07) is 12.8. The van der Waals surface area contributed by atoms with Crippen LogP contribution >= 0.6 is 0 Å². The van der Waals surface area contributed by atoms with Crippen LogP contribution < -0.4 is 10.1 Å². The third kappa shape index (κ3) is 5.87. The summed E-state index contributed by atoms with van der Waals surface area (Å²) in [7, 11) is 1.65. The number of rotatable bonds is 11. The average Bonchev–Trinajstić information content (AvgIpc) is 3.19. The van der Waals surface area contributed by atoms with Crippen LogP contribution in [0.2, 0.25) is 0 Å². The van der Waals surface area contributed by atoms with Gasteiger partial charge in [-0.1, -0.05) is 30.3 Å². The van der Waals surface area contributed by atoms with Gasteiger partial charge in [-0.05, 0) is 36.6 Å². The molecule has 0 aromatic heterocycles. The zero-order valence-corrected chi connectivity index (χ0v) is 20.1. The first kappa shape index (κ1) is 24.8. The number of imide groups is 1. The molecule has 0 saturated carbocycles. The van der Waals surface area contributed by atoms with Gasteiger partial charge < -0.3 is 19.2 Å². The van der Waals surface area contributed by atoms with E-state index in [9.17, 15) is 14.4 Å². The lowest BCUT2D eigenvalue weighted by atomic mass is 10.0. The second kappa shape index (κ2) is 11.4. The molecule has 9 heteroatoms. The van der Waals surface area contributed by atoms with Gasteiger partial charge in [0.05, 0.1) is 20.3 Å². The minimum Gasteiger partial charge on any atom is -0.489 e. The molecule has 1 fully saturated rings. The summed E-state index contributed by atoms with van der Waals surface area (Å²) in [5.41, 5.74) is 3.41. The first-order valence-electron chi connectivity index (χ1n) is 11.8. The number of nitrogens with one attached hydrogen (secondary N) is 1. The van der Waals surface area contributed by atoms with E-state index in [1.807, 2.05) is 42.3 Å². The van der Waals surface area contributed by atoms with Gasteiger partial charge in [-0.2, -0.15) is 5.06 Å². The number of benzene rings is 2. The van der Waals surface area contributed by atoms with Crippen LogP contribution in [0.4, 0.5) is 0 Å². The van der Waals surface area contributed by atoms with Crippen molar-refractivity contribution in [2.24, 2.45) is 0 Å². The fourth-order valence-corrected chi connectivity index (χ4v) is 4.34. The van der Waals surface area contributed by atoms with Gasteiger partial charge in [-0.3, -0.25) is 19.7 Å². The largest absolute Gasteiger partial charge is 0.489 e. The molecule has 1 atom stereocenters. The highest BCUT2D eigenvalue weighted by Crippen LogP contribution is 2.34. The summed E-state index contributed by atoms with van der Waals surface area (Å²) >= 11 is 0. The summed E-state index contributed by atoms with van der Waals surface area (Å²) in [5, 5.41) is 4.17. The Morgan fingerprint density at radius 2 is 1.86 bits per heavy atom. The molecule has 0 bridgehead atoms. The molecule has 4 rings (SSSR count). The van der Waals surface area contributed by atoms with Crippen LogP contribution in [0.1, 0.15) is 46.8 Å². The lowest BCUT2D eigenvalue weighted by molar-refractivity contribution is -0.147. The molecule has 2 heterocycles. The number of ether oxygens (including phenoxy) is 2. The van der Waals surface area contributed by atoms with Crippen LogP contribution in [0.5, 0.6) is 5.75 Å². The molecular weight excluding hydrogens is 450 g/mol. The highest BCUT2D eigenvalue weighted by molar-refractivity contribution is 6.05. The monoisotopic (exact) mass is 481 g/mol. The van der Waals surface area contributed by atoms with E-state index in [2.05, 4.69) is 5.32 Å². The van der Waals surface area contributed by atoms with Crippen molar-refractivity contribution in [1.29, 1.82) is 0 Å². The number of amides is 3. The number of carbonyl (C=O) groups is 3. The molecule has 35 heavy (non-hydrogen) atoms. The Morgan fingerprint density at radius 3 is 2.57 bits per heavy atom. The Kier molecular flexibility index (Phi) is 8.12. The van der Waals surface area contributed by atoms with Crippen LogP contribution in [-0.2, 0) is 38.9 Å². The maximum Gasteiger partial charge on any atom is 0.255 e. The molecule has 0 spiro atoms. The van der Waals surface area contributed by atoms with Gasteiger partial charge in [0.25, 0.3) is 5.91 Å². The lowest BCUT2D eigenvalue weighted by Crippen LogP contribution is -2.52. The second-order valence-corrected chi connectivity index (χ2v) is 8.53. The third-order valence-corrected chi connectivity index (χ3v) is 6.26. The van der Waals surface area contributed by atoms with Crippen molar-refractivity contribution < 1.29 is 28.7 Å². The highest BCUT2D eigenvalue weighted by Gasteiger charge is 2.40. The molecule has 0 radical (unpaired) electrons. The Bertz CT molecular complexity index is 1070. The van der Waals surface area contributed by atoms with Crippen LogP contribution in [-0.4, -0.2) is 60.6 Å². The van der Waals surface area contributed by atoms with E-state index in [-0.39, 0.29) is 24.8 Å². The SMILES string of the molecule is CCOCCN(Cc1ccc(COc2cccc3c2CN(C2CCC(=O)NC2=O)C3=O)cc1)OC. The Labute approximate surface area is 204 Å². The number of hydrogen-bond acceptors (Lipinski definition) is 7. The Morgan fingerprint density at radius 1 is 1.09 bits per heavy atom. The molecule has 1 unspecified atom stereocenters. The first-order chi connectivity index (χ1) is 17.0. The molecule has 3 amide bonds. The predicted molar refractivity (Wildman–Crippen MR) is 127 cm³/mol. The van der Waals surface area contributed by atoms with Gasteiger partial charge in [0.1, 0.15) is 18.4 Å². The number of piperidine rings is 1. The second-order valence-electron chi connectivity index (χ2n) is 8.53. The van der Waals surface area contributed by atoms with Crippen LogP contribution in [0.3, 0.4) is 0 Å². The summed E-state index contributed by atoms with van der Waals surface area (Å²) < 4.78 is 11.5. The maximum absolute atomic E-state index is 13.0. The fourth-order valence-electron chi connectivity index (χ4n) is 4.34. The van der Waals surface area contributed by atoms with Gasteiger partial charge in [0, 0.05) is 37.2 Å². The molecule has 186 valence electrons. The van der Waals surface area contributed by atoms with E-state index < -0.39 is 11.9 Å². The van der Waals surface area contributed by atoms with Gasteiger partial charge >= 0.3 is 0 Å².